The van der Waals surface area contributed by atoms with Crippen molar-refractivity contribution in [3.63, 3.8) is 0 Å². The molecule has 2 atom stereocenters. The molecule has 26 heavy (non-hydrogen) atoms. The molecule has 4 nitrogen and oxygen atoms in total. The summed E-state index contributed by atoms with van der Waals surface area (Å²) < 4.78 is 18.9. The standard InChI is InChI=1S/C18H15BrCl2FN3O/c1-10(15-13(20)4-5-14(22)16(15)21)26-18(19)7-12(9-25-17(18)23)11-3-2-6-24-8-11/h2-6,8-10H,7H2,1H3,(H2,23,25). The van der Waals surface area contributed by atoms with Gasteiger partial charge >= 0.3 is 0 Å². The van der Waals surface area contributed by atoms with Crippen LogP contribution in [0.2, 0.25) is 10.0 Å². The van der Waals surface area contributed by atoms with E-state index in [4.69, 9.17) is 33.7 Å². The Bertz CT molecular complexity index is 892. The van der Waals surface area contributed by atoms with Gasteiger partial charge in [0.25, 0.3) is 0 Å². The second-order valence-electron chi connectivity index (χ2n) is 5.83. The van der Waals surface area contributed by atoms with Crippen LogP contribution in [0, 0.1) is 5.82 Å². The Morgan fingerprint density at radius 2 is 2.12 bits per heavy atom. The molecular weight excluding hydrogens is 444 g/mol. The highest BCUT2D eigenvalue weighted by Crippen LogP contribution is 2.42. The summed E-state index contributed by atoms with van der Waals surface area (Å²) >= 11 is 15.8. The molecule has 2 aromatic rings. The third-order valence-corrected chi connectivity index (χ3v) is 5.63. The number of hydrogen-bond acceptors (Lipinski definition) is 4. The first kappa shape index (κ1) is 19.3. The van der Waals surface area contributed by atoms with E-state index in [9.17, 15) is 4.39 Å². The van der Waals surface area contributed by atoms with Crippen LogP contribution >= 0.6 is 39.1 Å². The number of hydrogen-bond donors (Lipinski definition) is 1. The van der Waals surface area contributed by atoms with Gasteiger partial charge in [-0.15, -0.1) is 0 Å². The molecule has 0 spiro atoms. The molecule has 2 heterocycles. The maximum absolute atomic E-state index is 13.8. The monoisotopic (exact) mass is 457 g/mol. The van der Waals surface area contributed by atoms with Gasteiger partial charge in [-0.05, 0) is 52.2 Å². The maximum Gasteiger partial charge on any atom is 0.184 e. The first-order valence-electron chi connectivity index (χ1n) is 7.75. The molecule has 1 aromatic carbocycles. The van der Waals surface area contributed by atoms with Crippen molar-refractivity contribution >= 4 is 50.5 Å². The lowest BCUT2D eigenvalue weighted by Crippen LogP contribution is -2.43. The summed E-state index contributed by atoms with van der Waals surface area (Å²) in [5.74, 6) is -0.313. The van der Waals surface area contributed by atoms with Crippen LogP contribution in [0.15, 0.2) is 47.9 Å². The first-order valence-corrected chi connectivity index (χ1v) is 9.30. The smallest absolute Gasteiger partial charge is 0.184 e. The molecule has 0 radical (unpaired) electrons. The Labute approximate surface area is 169 Å². The summed E-state index contributed by atoms with van der Waals surface area (Å²) in [5.41, 5.74) is 8.23. The zero-order valence-electron chi connectivity index (χ0n) is 13.7. The molecule has 136 valence electrons. The summed E-state index contributed by atoms with van der Waals surface area (Å²) in [6.45, 7) is 1.73. The molecule has 2 unspecified atom stereocenters. The molecule has 3 rings (SSSR count). The summed E-state index contributed by atoms with van der Waals surface area (Å²) in [6.07, 6.45) is 4.88. The third-order valence-electron chi connectivity index (χ3n) is 4.04. The fraction of sp³-hybridized carbons (Fsp3) is 0.222. The number of ether oxygens (including phenoxy) is 1. The van der Waals surface area contributed by atoms with E-state index in [1.54, 1.807) is 25.5 Å². The van der Waals surface area contributed by atoms with E-state index in [-0.39, 0.29) is 10.9 Å². The van der Waals surface area contributed by atoms with Crippen LogP contribution < -0.4 is 5.73 Å². The normalized spacial score (nSPS) is 21.1. The molecule has 1 aliphatic rings. The van der Waals surface area contributed by atoms with Crippen molar-refractivity contribution in [1.82, 2.24) is 4.98 Å². The Balaban J connectivity index is 1.89. The fourth-order valence-electron chi connectivity index (χ4n) is 2.71. The lowest BCUT2D eigenvalue weighted by atomic mass is 9.99. The molecule has 0 aliphatic carbocycles. The predicted octanol–water partition coefficient (Wildman–Crippen LogP) is 5.50. The highest BCUT2D eigenvalue weighted by molar-refractivity contribution is 9.10. The van der Waals surface area contributed by atoms with Crippen molar-refractivity contribution in [2.75, 3.05) is 0 Å². The Kier molecular flexibility index (Phi) is 5.67. The number of aliphatic imine (C=N–C) groups is 1. The van der Waals surface area contributed by atoms with Gasteiger partial charge in [0.05, 0.1) is 11.1 Å². The van der Waals surface area contributed by atoms with Crippen LogP contribution in [0.1, 0.15) is 30.6 Å². The fourth-order valence-corrected chi connectivity index (χ4v) is 4.07. The number of aromatic nitrogens is 1. The molecule has 0 amide bonds. The Morgan fingerprint density at radius 3 is 2.81 bits per heavy atom. The number of benzene rings is 1. The molecule has 1 aliphatic heterocycles. The quantitative estimate of drug-likeness (QED) is 0.486. The van der Waals surface area contributed by atoms with Crippen LogP contribution in [0.25, 0.3) is 5.57 Å². The Morgan fingerprint density at radius 1 is 1.35 bits per heavy atom. The van der Waals surface area contributed by atoms with E-state index in [1.807, 2.05) is 12.1 Å². The molecule has 0 fully saturated rings. The molecule has 0 saturated heterocycles. The van der Waals surface area contributed by atoms with E-state index in [1.165, 1.54) is 12.1 Å². The van der Waals surface area contributed by atoms with E-state index in [2.05, 4.69) is 25.9 Å². The van der Waals surface area contributed by atoms with Crippen LogP contribution in [0.4, 0.5) is 4.39 Å². The minimum atomic E-state index is -1.08. The molecular formula is C18H15BrCl2FN3O. The largest absolute Gasteiger partial charge is 0.384 e. The van der Waals surface area contributed by atoms with E-state index >= 15 is 0 Å². The van der Waals surface area contributed by atoms with Crippen molar-refractivity contribution in [1.29, 1.82) is 0 Å². The molecule has 0 saturated carbocycles. The van der Waals surface area contributed by atoms with Gasteiger partial charge in [0, 0.05) is 35.6 Å². The average molecular weight is 459 g/mol. The third kappa shape index (κ3) is 3.78. The van der Waals surface area contributed by atoms with Gasteiger partial charge in [0.2, 0.25) is 0 Å². The lowest BCUT2D eigenvalue weighted by molar-refractivity contribution is 0.0188. The van der Waals surface area contributed by atoms with Crippen molar-refractivity contribution < 1.29 is 9.13 Å². The van der Waals surface area contributed by atoms with Crippen LogP contribution in [0.3, 0.4) is 0 Å². The van der Waals surface area contributed by atoms with Gasteiger partial charge < -0.3 is 10.5 Å². The van der Waals surface area contributed by atoms with E-state index in [0.29, 0.717) is 17.0 Å². The number of halogens is 4. The van der Waals surface area contributed by atoms with Gasteiger partial charge in [-0.25, -0.2) is 9.38 Å². The van der Waals surface area contributed by atoms with Gasteiger partial charge in [-0.1, -0.05) is 29.3 Å². The lowest BCUT2D eigenvalue weighted by Gasteiger charge is -2.34. The summed E-state index contributed by atoms with van der Waals surface area (Å²) in [7, 11) is 0. The second-order valence-corrected chi connectivity index (χ2v) is 7.90. The topological polar surface area (TPSA) is 60.5 Å². The van der Waals surface area contributed by atoms with Gasteiger partial charge in [0.15, 0.2) is 4.51 Å². The van der Waals surface area contributed by atoms with Crippen molar-refractivity contribution in [3.8, 4) is 0 Å². The van der Waals surface area contributed by atoms with E-state index < -0.39 is 16.4 Å². The minimum Gasteiger partial charge on any atom is -0.384 e. The average Bonchev–Trinajstić information content (AvgIpc) is 2.62. The van der Waals surface area contributed by atoms with Gasteiger partial charge in [-0.3, -0.25) is 4.98 Å². The highest BCUT2D eigenvalue weighted by atomic mass is 79.9. The second kappa shape index (κ2) is 7.64. The Hall–Kier alpha value is -1.47. The van der Waals surface area contributed by atoms with Crippen LogP contribution in [0.5, 0.6) is 0 Å². The van der Waals surface area contributed by atoms with Gasteiger partial charge in [-0.2, -0.15) is 0 Å². The number of nitrogens with zero attached hydrogens (tertiary/aromatic N) is 2. The predicted molar refractivity (Wildman–Crippen MR) is 106 cm³/mol. The first-order chi connectivity index (χ1) is 12.3. The number of pyridine rings is 1. The molecule has 8 heteroatoms. The maximum atomic E-state index is 13.8. The summed E-state index contributed by atoms with van der Waals surface area (Å²) in [5, 5.41) is 0.241. The zero-order valence-corrected chi connectivity index (χ0v) is 16.8. The number of rotatable bonds is 4. The van der Waals surface area contributed by atoms with Crippen molar-refractivity contribution in [2.45, 2.75) is 24.0 Å². The van der Waals surface area contributed by atoms with Crippen LogP contribution in [-0.2, 0) is 4.74 Å². The summed E-state index contributed by atoms with van der Waals surface area (Å²) in [6, 6.07) is 6.42. The SMILES string of the molecule is CC(OC1(Br)CC(c2cccnc2)=CN=C1N)c1c(Cl)ccc(F)c1Cl. The molecule has 0 bridgehead atoms. The highest BCUT2D eigenvalue weighted by Gasteiger charge is 2.39. The zero-order chi connectivity index (χ0) is 18.9. The van der Waals surface area contributed by atoms with Crippen LogP contribution in [-0.4, -0.2) is 15.3 Å². The number of alkyl halides is 1. The molecule has 1 aromatic heterocycles. The number of nitrogens with two attached hydrogens (primary N) is 1. The van der Waals surface area contributed by atoms with E-state index in [0.717, 1.165) is 11.1 Å². The number of amidine groups is 1. The molecule has 2 N–H and O–H groups in total. The van der Waals surface area contributed by atoms with Gasteiger partial charge in [0.1, 0.15) is 11.7 Å². The van der Waals surface area contributed by atoms with Crippen molar-refractivity contribution in [3.05, 3.63) is 69.8 Å². The van der Waals surface area contributed by atoms with Crippen molar-refractivity contribution in [2.24, 2.45) is 10.7 Å². The summed E-state index contributed by atoms with van der Waals surface area (Å²) in [4.78, 5) is 8.36. The minimum absolute atomic E-state index is 0.0737.